The largest absolute Gasteiger partial charge is 0.154 e. The van der Waals surface area contributed by atoms with E-state index in [-0.39, 0.29) is 0 Å². The number of hydrogen-bond donors (Lipinski definition) is 0. The van der Waals surface area contributed by atoms with Gasteiger partial charge in [0.2, 0.25) is 0 Å². The molecule has 0 aromatic carbocycles. The van der Waals surface area contributed by atoms with Gasteiger partial charge in [-0.1, -0.05) is 13.8 Å². The molecule has 0 aliphatic carbocycles. The summed E-state index contributed by atoms with van der Waals surface area (Å²) in [6, 6.07) is 0. The smallest absolute Gasteiger partial charge is 0.0172 e. The quantitative estimate of drug-likeness (QED) is 0.467. The first-order valence-corrected chi connectivity index (χ1v) is 3.72. The highest BCUT2D eigenvalue weighted by atomic mass is 32.2. The summed E-state index contributed by atoms with van der Waals surface area (Å²) in [5, 5.41) is 0.875. The highest BCUT2D eigenvalue weighted by Gasteiger charge is 2.18. The van der Waals surface area contributed by atoms with Crippen molar-refractivity contribution in [1.82, 2.24) is 0 Å². The summed E-state index contributed by atoms with van der Waals surface area (Å²) >= 11 is 1.98. The van der Waals surface area contributed by atoms with Crippen LogP contribution in [0.15, 0.2) is 0 Å². The Balaban J connectivity index is 2.33. The Morgan fingerprint density at radius 1 is 1.57 bits per heavy atom. The zero-order valence-corrected chi connectivity index (χ0v) is 5.66. The minimum atomic E-state index is 0.875. The molecular formula is C6H11S. The second-order valence-electron chi connectivity index (χ2n) is 2.22. The molecule has 0 spiro atoms. The van der Waals surface area contributed by atoms with Crippen molar-refractivity contribution in [1.29, 1.82) is 0 Å². The highest BCUT2D eigenvalue weighted by Crippen LogP contribution is 2.34. The zero-order chi connectivity index (χ0) is 5.28. The van der Waals surface area contributed by atoms with E-state index in [2.05, 4.69) is 19.6 Å². The molecule has 2 atom stereocenters. The van der Waals surface area contributed by atoms with Gasteiger partial charge in [-0.05, 0) is 12.3 Å². The van der Waals surface area contributed by atoms with Crippen molar-refractivity contribution in [2.24, 2.45) is 5.92 Å². The standard InChI is InChI=1S/C6H11S/c1-5-3-4-7-6(5)2/h4-6H,3H2,1-2H3. The van der Waals surface area contributed by atoms with Crippen LogP contribution in [0.2, 0.25) is 0 Å². The van der Waals surface area contributed by atoms with Gasteiger partial charge in [0, 0.05) is 11.0 Å². The van der Waals surface area contributed by atoms with Crippen LogP contribution in [-0.4, -0.2) is 5.25 Å². The second-order valence-corrected chi connectivity index (χ2v) is 3.57. The predicted molar refractivity (Wildman–Crippen MR) is 35.1 cm³/mol. The van der Waals surface area contributed by atoms with E-state index in [0.29, 0.717) is 0 Å². The van der Waals surface area contributed by atoms with Crippen LogP contribution in [-0.2, 0) is 0 Å². The molecule has 0 aromatic rings. The molecule has 1 aliphatic rings. The first kappa shape index (κ1) is 5.49. The lowest BCUT2D eigenvalue weighted by atomic mass is 10.1. The van der Waals surface area contributed by atoms with Crippen molar-refractivity contribution in [3.63, 3.8) is 0 Å². The minimum Gasteiger partial charge on any atom is -0.154 e. The fourth-order valence-electron chi connectivity index (χ4n) is 0.685. The third-order valence-electron chi connectivity index (χ3n) is 1.58. The molecule has 0 amide bonds. The van der Waals surface area contributed by atoms with E-state index in [1.54, 1.807) is 0 Å². The molecule has 1 fully saturated rings. The molecular weight excluding hydrogens is 104 g/mol. The maximum Gasteiger partial charge on any atom is 0.0172 e. The van der Waals surface area contributed by atoms with Crippen LogP contribution < -0.4 is 0 Å². The van der Waals surface area contributed by atoms with Crippen molar-refractivity contribution in [2.45, 2.75) is 25.5 Å². The van der Waals surface area contributed by atoms with Crippen LogP contribution in [0.1, 0.15) is 20.3 Å². The lowest BCUT2D eigenvalue weighted by Gasteiger charge is -2.03. The van der Waals surface area contributed by atoms with E-state index in [1.165, 1.54) is 6.42 Å². The van der Waals surface area contributed by atoms with Crippen molar-refractivity contribution >= 4 is 11.8 Å². The zero-order valence-electron chi connectivity index (χ0n) is 4.85. The van der Waals surface area contributed by atoms with Crippen LogP contribution in [0.5, 0.6) is 0 Å². The SMILES string of the molecule is CC1C[CH]SC1C. The molecule has 0 bridgehead atoms. The van der Waals surface area contributed by atoms with E-state index < -0.39 is 0 Å². The van der Waals surface area contributed by atoms with Crippen LogP contribution in [0, 0.1) is 11.7 Å². The Bertz CT molecular complexity index is 53.2. The van der Waals surface area contributed by atoms with Gasteiger partial charge >= 0.3 is 0 Å². The Labute approximate surface area is 49.7 Å². The fraction of sp³-hybridized carbons (Fsp3) is 0.833. The molecule has 1 heterocycles. The molecule has 0 N–H and O–H groups in total. The maximum absolute atomic E-state index is 2.31. The molecule has 0 aromatic heterocycles. The summed E-state index contributed by atoms with van der Waals surface area (Å²) in [5.41, 5.74) is 0. The summed E-state index contributed by atoms with van der Waals surface area (Å²) < 4.78 is 0. The molecule has 1 heteroatoms. The second kappa shape index (κ2) is 2.08. The third-order valence-corrected chi connectivity index (χ3v) is 2.86. The average molecular weight is 115 g/mol. The van der Waals surface area contributed by atoms with E-state index in [9.17, 15) is 0 Å². The Hall–Kier alpha value is 0.350. The first-order chi connectivity index (χ1) is 3.30. The highest BCUT2D eigenvalue weighted by molar-refractivity contribution is 8.02. The molecule has 2 unspecified atom stereocenters. The van der Waals surface area contributed by atoms with Gasteiger partial charge in [-0.15, -0.1) is 0 Å². The van der Waals surface area contributed by atoms with Crippen molar-refractivity contribution in [3.8, 4) is 0 Å². The Kier molecular flexibility index (Phi) is 1.63. The molecule has 1 radical (unpaired) electrons. The predicted octanol–water partition coefficient (Wildman–Crippen LogP) is 2.31. The van der Waals surface area contributed by atoms with Gasteiger partial charge in [-0.2, -0.15) is 11.8 Å². The average Bonchev–Trinajstić information content (AvgIpc) is 1.91. The van der Waals surface area contributed by atoms with Gasteiger partial charge in [-0.25, -0.2) is 0 Å². The number of rotatable bonds is 0. The van der Waals surface area contributed by atoms with Crippen molar-refractivity contribution < 1.29 is 0 Å². The van der Waals surface area contributed by atoms with Gasteiger partial charge in [0.05, 0.1) is 0 Å². The van der Waals surface area contributed by atoms with Crippen LogP contribution in [0.25, 0.3) is 0 Å². The van der Waals surface area contributed by atoms with Gasteiger partial charge in [0.25, 0.3) is 0 Å². The van der Waals surface area contributed by atoms with E-state index in [1.807, 2.05) is 11.8 Å². The Morgan fingerprint density at radius 3 is 2.43 bits per heavy atom. The van der Waals surface area contributed by atoms with E-state index >= 15 is 0 Å². The summed E-state index contributed by atoms with van der Waals surface area (Å²) in [4.78, 5) is 0. The topological polar surface area (TPSA) is 0 Å². The maximum atomic E-state index is 2.31. The van der Waals surface area contributed by atoms with Gasteiger partial charge in [-0.3, -0.25) is 0 Å². The molecule has 0 nitrogen and oxygen atoms in total. The lowest BCUT2D eigenvalue weighted by Crippen LogP contribution is -2.00. The van der Waals surface area contributed by atoms with Gasteiger partial charge < -0.3 is 0 Å². The van der Waals surface area contributed by atoms with Crippen LogP contribution in [0.3, 0.4) is 0 Å². The molecule has 41 valence electrons. The van der Waals surface area contributed by atoms with Gasteiger partial charge in [0.1, 0.15) is 0 Å². The molecule has 0 saturated carbocycles. The molecule has 1 rings (SSSR count). The third kappa shape index (κ3) is 1.12. The van der Waals surface area contributed by atoms with Crippen molar-refractivity contribution in [2.75, 3.05) is 0 Å². The van der Waals surface area contributed by atoms with Gasteiger partial charge in [0.15, 0.2) is 0 Å². The Morgan fingerprint density at radius 2 is 2.29 bits per heavy atom. The number of thioether (sulfide) groups is 1. The van der Waals surface area contributed by atoms with Crippen molar-refractivity contribution in [3.05, 3.63) is 5.75 Å². The first-order valence-electron chi connectivity index (χ1n) is 2.78. The molecule has 7 heavy (non-hydrogen) atoms. The minimum absolute atomic E-state index is 0.875. The lowest BCUT2D eigenvalue weighted by molar-refractivity contribution is 0.603. The summed E-state index contributed by atoms with van der Waals surface area (Å²) in [7, 11) is 0. The fourth-order valence-corrected chi connectivity index (χ4v) is 1.78. The monoisotopic (exact) mass is 115 g/mol. The van der Waals surface area contributed by atoms with E-state index in [4.69, 9.17) is 0 Å². The summed E-state index contributed by atoms with van der Waals surface area (Å²) in [6.45, 7) is 4.60. The van der Waals surface area contributed by atoms with Crippen LogP contribution in [0.4, 0.5) is 0 Å². The molecule has 1 aliphatic heterocycles. The van der Waals surface area contributed by atoms with E-state index in [0.717, 1.165) is 11.2 Å². The normalized spacial score (nSPS) is 42.0. The summed E-state index contributed by atoms with van der Waals surface area (Å²) in [5.74, 6) is 3.24. The van der Waals surface area contributed by atoms with Crippen LogP contribution >= 0.6 is 11.8 Å². The summed E-state index contributed by atoms with van der Waals surface area (Å²) in [6.07, 6.45) is 1.31. The number of hydrogen-bond acceptors (Lipinski definition) is 1. The molecule has 1 saturated heterocycles.